The van der Waals surface area contributed by atoms with Crippen LogP contribution in [0.3, 0.4) is 0 Å². The number of hydrogen-bond acceptors (Lipinski definition) is 2. The van der Waals surface area contributed by atoms with Crippen LogP contribution >= 0.6 is 0 Å². The Bertz CT molecular complexity index is 611. The molecule has 1 aromatic carbocycles. The van der Waals surface area contributed by atoms with Gasteiger partial charge in [0.05, 0.1) is 11.2 Å². The van der Waals surface area contributed by atoms with Crippen LogP contribution < -0.4 is 0 Å². The van der Waals surface area contributed by atoms with Crippen LogP contribution in [0.5, 0.6) is 0 Å². The second-order valence-electron chi connectivity index (χ2n) is 6.10. The molecule has 19 heavy (non-hydrogen) atoms. The van der Waals surface area contributed by atoms with E-state index in [1.54, 1.807) is 0 Å². The zero-order valence-corrected chi connectivity index (χ0v) is 13.1. The SMILES string of the molecule is Cc1nc(C(C)C)c2c(C(C)C)cc(C)c(C)c2n1. The van der Waals surface area contributed by atoms with Gasteiger partial charge in [0.1, 0.15) is 5.82 Å². The lowest BCUT2D eigenvalue weighted by Crippen LogP contribution is -2.05. The lowest BCUT2D eigenvalue weighted by Gasteiger charge is -2.18. The van der Waals surface area contributed by atoms with E-state index in [1.807, 2.05) is 6.92 Å². The Labute approximate surface area is 116 Å². The normalized spacial score (nSPS) is 11.8. The average Bonchev–Trinajstić information content (AvgIpc) is 2.32. The molecule has 102 valence electrons. The van der Waals surface area contributed by atoms with Crippen LogP contribution in [0.2, 0.25) is 0 Å². The molecule has 0 aliphatic heterocycles. The first-order chi connectivity index (χ1) is 8.82. The molecule has 0 bridgehead atoms. The van der Waals surface area contributed by atoms with E-state index in [4.69, 9.17) is 9.97 Å². The third kappa shape index (κ3) is 2.36. The summed E-state index contributed by atoms with van der Waals surface area (Å²) in [5.41, 5.74) is 6.31. The van der Waals surface area contributed by atoms with Crippen LogP contribution in [0.15, 0.2) is 6.07 Å². The number of aromatic nitrogens is 2. The molecule has 0 radical (unpaired) electrons. The molecular weight excluding hydrogens is 232 g/mol. The molecule has 0 aliphatic carbocycles. The quantitative estimate of drug-likeness (QED) is 0.771. The fraction of sp³-hybridized carbons (Fsp3) is 0.529. The minimum Gasteiger partial charge on any atom is -0.237 e. The fourth-order valence-electron chi connectivity index (χ4n) is 2.62. The van der Waals surface area contributed by atoms with Gasteiger partial charge in [-0.25, -0.2) is 9.97 Å². The van der Waals surface area contributed by atoms with Crippen molar-refractivity contribution >= 4 is 10.9 Å². The number of nitrogens with zero attached hydrogens (tertiary/aromatic N) is 2. The van der Waals surface area contributed by atoms with Crippen LogP contribution in [-0.2, 0) is 0 Å². The molecule has 0 aliphatic rings. The predicted molar refractivity (Wildman–Crippen MR) is 81.9 cm³/mol. The Morgan fingerprint density at radius 3 is 2.05 bits per heavy atom. The Balaban J connectivity index is 3.00. The minimum atomic E-state index is 0.420. The van der Waals surface area contributed by atoms with Crippen LogP contribution in [-0.4, -0.2) is 9.97 Å². The highest BCUT2D eigenvalue weighted by Crippen LogP contribution is 2.33. The lowest BCUT2D eigenvalue weighted by atomic mass is 9.90. The maximum Gasteiger partial charge on any atom is 0.126 e. The first-order valence-electron chi connectivity index (χ1n) is 7.11. The van der Waals surface area contributed by atoms with Gasteiger partial charge in [-0.2, -0.15) is 0 Å². The van der Waals surface area contributed by atoms with Crippen molar-refractivity contribution < 1.29 is 0 Å². The van der Waals surface area contributed by atoms with Gasteiger partial charge in [0.25, 0.3) is 0 Å². The Morgan fingerprint density at radius 2 is 1.53 bits per heavy atom. The summed E-state index contributed by atoms with van der Waals surface area (Å²) in [6, 6.07) is 2.31. The van der Waals surface area contributed by atoms with Crippen molar-refractivity contribution in [3.05, 3.63) is 34.3 Å². The molecule has 0 spiro atoms. The summed E-state index contributed by atoms with van der Waals surface area (Å²) in [4.78, 5) is 9.41. The zero-order chi connectivity index (χ0) is 14.3. The molecule has 0 saturated heterocycles. The van der Waals surface area contributed by atoms with Crippen LogP contribution in [0.1, 0.15) is 67.7 Å². The maximum absolute atomic E-state index is 4.71. The van der Waals surface area contributed by atoms with Gasteiger partial charge < -0.3 is 0 Å². The molecule has 0 saturated carbocycles. The van der Waals surface area contributed by atoms with Gasteiger partial charge in [0.2, 0.25) is 0 Å². The van der Waals surface area contributed by atoms with Crippen molar-refractivity contribution in [2.45, 2.75) is 60.3 Å². The first-order valence-corrected chi connectivity index (χ1v) is 7.11. The molecule has 2 heteroatoms. The van der Waals surface area contributed by atoms with Gasteiger partial charge in [0.15, 0.2) is 0 Å². The topological polar surface area (TPSA) is 25.8 Å². The smallest absolute Gasteiger partial charge is 0.126 e. The van der Waals surface area contributed by atoms with Gasteiger partial charge in [-0.15, -0.1) is 0 Å². The molecule has 1 aromatic heterocycles. The number of aryl methyl sites for hydroxylation is 3. The second kappa shape index (κ2) is 4.92. The van der Waals surface area contributed by atoms with Crippen LogP contribution in [0, 0.1) is 20.8 Å². The summed E-state index contributed by atoms with van der Waals surface area (Å²) in [7, 11) is 0. The summed E-state index contributed by atoms with van der Waals surface area (Å²) in [5, 5.41) is 1.28. The van der Waals surface area contributed by atoms with Crippen LogP contribution in [0.25, 0.3) is 10.9 Å². The van der Waals surface area contributed by atoms with Crippen LogP contribution in [0.4, 0.5) is 0 Å². The van der Waals surface area contributed by atoms with E-state index in [-0.39, 0.29) is 0 Å². The highest BCUT2D eigenvalue weighted by atomic mass is 14.9. The van der Waals surface area contributed by atoms with Gasteiger partial charge in [-0.05, 0) is 49.3 Å². The van der Waals surface area contributed by atoms with Gasteiger partial charge in [-0.3, -0.25) is 0 Å². The molecule has 2 rings (SSSR count). The Hall–Kier alpha value is -1.44. The van der Waals surface area contributed by atoms with Crippen molar-refractivity contribution in [2.75, 3.05) is 0 Å². The highest BCUT2D eigenvalue weighted by molar-refractivity contribution is 5.89. The molecule has 0 N–H and O–H groups in total. The lowest BCUT2D eigenvalue weighted by molar-refractivity contribution is 0.806. The molecule has 2 nitrogen and oxygen atoms in total. The molecular formula is C17H24N2. The van der Waals surface area contributed by atoms with Gasteiger partial charge >= 0.3 is 0 Å². The fourth-order valence-corrected chi connectivity index (χ4v) is 2.62. The largest absolute Gasteiger partial charge is 0.237 e. The van der Waals surface area contributed by atoms with E-state index < -0.39 is 0 Å². The number of benzene rings is 1. The summed E-state index contributed by atoms with van der Waals surface area (Å²) in [6.45, 7) is 15.2. The van der Waals surface area contributed by atoms with E-state index in [2.05, 4.69) is 47.6 Å². The molecule has 0 atom stereocenters. The summed E-state index contributed by atoms with van der Waals surface area (Å²) in [6.07, 6.45) is 0. The highest BCUT2D eigenvalue weighted by Gasteiger charge is 2.17. The molecule has 1 heterocycles. The summed E-state index contributed by atoms with van der Waals surface area (Å²) < 4.78 is 0. The zero-order valence-electron chi connectivity index (χ0n) is 13.1. The average molecular weight is 256 g/mol. The van der Waals surface area contributed by atoms with Gasteiger partial charge in [-0.1, -0.05) is 33.8 Å². The number of hydrogen-bond donors (Lipinski definition) is 0. The van der Waals surface area contributed by atoms with E-state index in [0.717, 1.165) is 11.3 Å². The molecule has 0 fully saturated rings. The van der Waals surface area contributed by atoms with Crippen molar-refractivity contribution in [3.63, 3.8) is 0 Å². The molecule has 0 unspecified atom stereocenters. The summed E-state index contributed by atoms with van der Waals surface area (Å²) in [5.74, 6) is 1.79. The number of fused-ring (bicyclic) bond motifs is 1. The van der Waals surface area contributed by atoms with Crippen molar-refractivity contribution in [2.24, 2.45) is 0 Å². The molecule has 2 aromatic rings. The first kappa shape index (κ1) is 14.0. The standard InChI is InChI=1S/C17H24N2/c1-9(2)14-8-11(5)12(6)17-15(14)16(10(3)4)18-13(7)19-17/h8-10H,1-7H3. The van der Waals surface area contributed by atoms with Crippen molar-refractivity contribution in [3.8, 4) is 0 Å². The third-order valence-electron chi connectivity index (χ3n) is 3.83. The van der Waals surface area contributed by atoms with E-state index in [1.165, 1.54) is 27.8 Å². The van der Waals surface area contributed by atoms with E-state index >= 15 is 0 Å². The monoisotopic (exact) mass is 256 g/mol. The van der Waals surface area contributed by atoms with E-state index in [9.17, 15) is 0 Å². The number of rotatable bonds is 2. The maximum atomic E-state index is 4.71. The Kier molecular flexibility index (Phi) is 3.62. The Morgan fingerprint density at radius 1 is 0.895 bits per heavy atom. The predicted octanol–water partition coefficient (Wildman–Crippen LogP) is 4.80. The second-order valence-corrected chi connectivity index (χ2v) is 6.10. The van der Waals surface area contributed by atoms with Gasteiger partial charge in [0, 0.05) is 5.39 Å². The van der Waals surface area contributed by atoms with Crippen molar-refractivity contribution in [1.82, 2.24) is 9.97 Å². The third-order valence-corrected chi connectivity index (χ3v) is 3.83. The van der Waals surface area contributed by atoms with E-state index in [0.29, 0.717) is 11.8 Å². The minimum absolute atomic E-state index is 0.420. The molecule has 0 amide bonds. The van der Waals surface area contributed by atoms with Crippen molar-refractivity contribution in [1.29, 1.82) is 0 Å². The summed E-state index contributed by atoms with van der Waals surface area (Å²) >= 11 is 0.